The summed E-state index contributed by atoms with van der Waals surface area (Å²) in [6, 6.07) is 6.17. The van der Waals surface area contributed by atoms with Crippen molar-refractivity contribution in [3.05, 3.63) is 46.2 Å². The molecule has 0 bridgehead atoms. The van der Waals surface area contributed by atoms with Crippen molar-refractivity contribution in [1.29, 1.82) is 5.26 Å². The van der Waals surface area contributed by atoms with Crippen molar-refractivity contribution in [3.8, 4) is 6.07 Å². The summed E-state index contributed by atoms with van der Waals surface area (Å²) in [7, 11) is 0. The average Bonchev–Trinajstić information content (AvgIpc) is 2.89. The molecule has 2 aromatic rings. The van der Waals surface area contributed by atoms with Crippen molar-refractivity contribution < 1.29 is 4.39 Å². The number of thiazole rings is 1. The minimum absolute atomic E-state index is 0.249. The van der Waals surface area contributed by atoms with Gasteiger partial charge in [-0.25, -0.2) is 9.37 Å². The molecule has 1 N–H and O–H groups in total. The van der Waals surface area contributed by atoms with Crippen LogP contribution in [-0.4, -0.2) is 11.5 Å². The maximum Gasteiger partial charge on any atom is 0.126 e. The highest BCUT2D eigenvalue weighted by atomic mass is 32.1. The zero-order chi connectivity index (χ0) is 13.0. The summed E-state index contributed by atoms with van der Waals surface area (Å²) in [4.78, 5) is 4.23. The zero-order valence-corrected chi connectivity index (χ0v) is 10.7. The van der Waals surface area contributed by atoms with Gasteiger partial charge in [-0.15, -0.1) is 11.3 Å². The van der Waals surface area contributed by atoms with Crippen LogP contribution in [0.2, 0.25) is 0 Å². The molecule has 0 aliphatic heterocycles. The van der Waals surface area contributed by atoms with Gasteiger partial charge in [-0.05, 0) is 18.2 Å². The van der Waals surface area contributed by atoms with E-state index in [4.69, 9.17) is 5.26 Å². The van der Waals surface area contributed by atoms with E-state index in [0.717, 1.165) is 5.01 Å². The lowest BCUT2D eigenvalue weighted by Crippen LogP contribution is -2.09. The highest BCUT2D eigenvalue weighted by Gasteiger charge is 2.08. The number of hydrogen-bond donors (Lipinski definition) is 1. The van der Waals surface area contributed by atoms with Gasteiger partial charge in [-0.1, -0.05) is 6.92 Å². The Balaban J connectivity index is 2.02. The number of halogens is 1. The standard InChI is InChI=1S/C13H12FN3S/c1-9(13-16-2-3-18-13)8-17-12-5-10(7-15)4-11(14)6-12/h2-6,9,17H,8H2,1H3. The molecule has 0 radical (unpaired) electrons. The first kappa shape index (κ1) is 12.5. The second kappa shape index (κ2) is 5.61. The van der Waals surface area contributed by atoms with Crippen LogP contribution in [0.1, 0.15) is 23.4 Å². The molecule has 0 saturated carbocycles. The first-order valence-electron chi connectivity index (χ1n) is 5.53. The van der Waals surface area contributed by atoms with Crippen LogP contribution < -0.4 is 5.32 Å². The van der Waals surface area contributed by atoms with Crippen LogP contribution in [0.25, 0.3) is 0 Å². The minimum atomic E-state index is -0.404. The lowest BCUT2D eigenvalue weighted by atomic mass is 10.1. The smallest absolute Gasteiger partial charge is 0.126 e. The summed E-state index contributed by atoms with van der Waals surface area (Å²) in [5.74, 6) is -0.155. The molecule has 1 heterocycles. The summed E-state index contributed by atoms with van der Waals surface area (Å²) >= 11 is 1.60. The van der Waals surface area contributed by atoms with Gasteiger partial charge in [0.05, 0.1) is 16.6 Å². The fourth-order valence-electron chi connectivity index (χ4n) is 1.59. The lowest BCUT2D eigenvalue weighted by molar-refractivity contribution is 0.627. The Morgan fingerprint density at radius 3 is 3.00 bits per heavy atom. The van der Waals surface area contributed by atoms with Gasteiger partial charge in [0.15, 0.2) is 0 Å². The third kappa shape index (κ3) is 3.05. The van der Waals surface area contributed by atoms with Crippen molar-refractivity contribution in [2.45, 2.75) is 12.8 Å². The maximum atomic E-state index is 13.2. The van der Waals surface area contributed by atoms with Gasteiger partial charge < -0.3 is 5.32 Å². The van der Waals surface area contributed by atoms with Crippen LogP contribution in [0.15, 0.2) is 29.8 Å². The fraction of sp³-hybridized carbons (Fsp3) is 0.231. The van der Waals surface area contributed by atoms with E-state index in [2.05, 4.69) is 17.2 Å². The Hall–Kier alpha value is -1.93. The Morgan fingerprint density at radius 1 is 1.50 bits per heavy atom. The number of nitriles is 1. The van der Waals surface area contributed by atoms with Crippen molar-refractivity contribution in [2.75, 3.05) is 11.9 Å². The van der Waals surface area contributed by atoms with E-state index < -0.39 is 5.82 Å². The number of aromatic nitrogens is 1. The van der Waals surface area contributed by atoms with Crippen LogP contribution in [0, 0.1) is 17.1 Å². The Kier molecular flexibility index (Phi) is 3.90. The molecular weight excluding hydrogens is 249 g/mol. The summed E-state index contributed by atoms with van der Waals surface area (Å²) in [5, 5.41) is 14.9. The largest absolute Gasteiger partial charge is 0.384 e. The van der Waals surface area contributed by atoms with Crippen molar-refractivity contribution in [3.63, 3.8) is 0 Å². The van der Waals surface area contributed by atoms with Crippen molar-refractivity contribution in [1.82, 2.24) is 4.98 Å². The molecule has 1 atom stereocenters. The van der Waals surface area contributed by atoms with Gasteiger partial charge in [-0.2, -0.15) is 5.26 Å². The molecule has 0 fully saturated rings. The second-order valence-electron chi connectivity index (χ2n) is 3.99. The summed E-state index contributed by atoms with van der Waals surface area (Å²) in [5.41, 5.74) is 0.939. The van der Waals surface area contributed by atoms with E-state index in [9.17, 15) is 4.39 Å². The van der Waals surface area contributed by atoms with Gasteiger partial charge >= 0.3 is 0 Å². The highest BCUT2D eigenvalue weighted by molar-refractivity contribution is 7.09. The summed E-state index contributed by atoms with van der Waals surface area (Å²) in [6.07, 6.45) is 1.77. The maximum absolute atomic E-state index is 13.2. The molecule has 1 aromatic heterocycles. The van der Waals surface area contributed by atoms with Crippen LogP contribution >= 0.6 is 11.3 Å². The first-order chi connectivity index (χ1) is 8.69. The third-order valence-electron chi connectivity index (χ3n) is 2.51. The van der Waals surface area contributed by atoms with Crippen LogP contribution in [0.3, 0.4) is 0 Å². The van der Waals surface area contributed by atoms with Crippen molar-refractivity contribution >= 4 is 17.0 Å². The monoisotopic (exact) mass is 261 g/mol. The molecule has 0 saturated heterocycles. The molecular formula is C13H12FN3S. The number of anilines is 1. The van der Waals surface area contributed by atoms with E-state index in [1.54, 1.807) is 23.6 Å². The van der Waals surface area contributed by atoms with E-state index in [-0.39, 0.29) is 5.92 Å². The average molecular weight is 261 g/mol. The lowest BCUT2D eigenvalue weighted by Gasteiger charge is -2.11. The number of rotatable bonds is 4. The van der Waals surface area contributed by atoms with Gasteiger partial charge in [0.25, 0.3) is 0 Å². The molecule has 92 valence electrons. The topological polar surface area (TPSA) is 48.7 Å². The molecule has 1 unspecified atom stereocenters. The predicted octanol–water partition coefficient (Wildman–Crippen LogP) is 3.37. The third-order valence-corrected chi connectivity index (χ3v) is 3.52. The molecule has 0 aliphatic carbocycles. The molecule has 0 aliphatic rings. The van der Waals surface area contributed by atoms with Crippen LogP contribution in [0.5, 0.6) is 0 Å². The van der Waals surface area contributed by atoms with Crippen LogP contribution in [0.4, 0.5) is 10.1 Å². The van der Waals surface area contributed by atoms with Gasteiger partial charge in [0, 0.05) is 29.7 Å². The predicted molar refractivity (Wildman–Crippen MR) is 70.1 cm³/mol. The van der Waals surface area contributed by atoms with Gasteiger partial charge in [-0.3, -0.25) is 0 Å². The zero-order valence-electron chi connectivity index (χ0n) is 9.85. The van der Waals surface area contributed by atoms with Gasteiger partial charge in [0.2, 0.25) is 0 Å². The van der Waals surface area contributed by atoms with E-state index in [1.165, 1.54) is 12.1 Å². The van der Waals surface area contributed by atoms with Gasteiger partial charge in [0.1, 0.15) is 5.82 Å². The molecule has 2 rings (SSSR count). The quantitative estimate of drug-likeness (QED) is 0.918. The normalized spacial score (nSPS) is 11.8. The van der Waals surface area contributed by atoms with E-state index in [1.807, 2.05) is 11.4 Å². The second-order valence-corrected chi connectivity index (χ2v) is 4.92. The molecule has 5 heteroatoms. The molecule has 0 amide bonds. The van der Waals surface area contributed by atoms with Crippen molar-refractivity contribution in [2.24, 2.45) is 0 Å². The molecule has 1 aromatic carbocycles. The Bertz CT molecular complexity index is 560. The SMILES string of the molecule is CC(CNc1cc(F)cc(C#N)c1)c1nccs1. The molecule has 3 nitrogen and oxygen atoms in total. The van der Waals surface area contributed by atoms with Crippen LogP contribution in [-0.2, 0) is 0 Å². The number of hydrogen-bond acceptors (Lipinski definition) is 4. The molecule has 18 heavy (non-hydrogen) atoms. The first-order valence-corrected chi connectivity index (χ1v) is 6.41. The van der Waals surface area contributed by atoms with E-state index >= 15 is 0 Å². The fourth-order valence-corrected chi connectivity index (χ4v) is 2.29. The Morgan fingerprint density at radius 2 is 2.33 bits per heavy atom. The number of nitrogens with zero attached hydrogens (tertiary/aromatic N) is 2. The minimum Gasteiger partial charge on any atom is -0.384 e. The van der Waals surface area contributed by atoms with E-state index in [0.29, 0.717) is 17.8 Å². The number of nitrogens with one attached hydrogen (secondary N) is 1. The highest BCUT2D eigenvalue weighted by Crippen LogP contribution is 2.19. The molecule has 0 spiro atoms. The number of benzene rings is 1. The Labute approximate surface area is 109 Å². The summed E-state index contributed by atoms with van der Waals surface area (Å²) < 4.78 is 13.2. The summed E-state index contributed by atoms with van der Waals surface area (Å²) in [6.45, 7) is 2.71.